The highest BCUT2D eigenvalue weighted by Gasteiger charge is 2.46. The van der Waals surface area contributed by atoms with E-state index in [0.29, 0.717) is 32.4 Å². The van der Waals surface area contributed by atoms with Gasteiger partial charge in [-0.05, 0) is 52.1 Å². The van der Waals surface area contributed by atoms with Crippen molar-refractivity contribution >= 4 is 36.8 Å². The molecule has 0 aliphatic heterocycles. The molecule has 0 spiro atoms. The first-order chi connectivity index (χ1) is 8.94. The molecule has 0 saturated heterocycles. The van der Waals surface area contributed by atoms with Crippen LogP contribution in [-0.2, 0) is 14.3 Å². The van der Waals surface area contributed by atoms with Crippen molar-refractivity contribution in [2.24, 2.45) is 16.9 Å². The van der Waals surface area contributed by atoms with Gasteiger partial charge in [0.05, 0.1) is 6.10 Å². The molecular weight excluding hydrogens is 319 g/mol. The Morgan fingerprint density at radius 1 is 1.14 bits per heavy atom. The first-order valence-electron chi connectivity index (χ1n) is 6.79. The van der Waals surface area contributed by atoms with Gasteiger partial charge in [0, 0.05) is 0 Å². The summed E-state index contributed by atoms with van der Waals surface area (Å²) in [6.07, 6.45) is 1.66. The summed E-state index contributed by atoms with van der Waals surface area (Å²) in [5.74, 6) is -1.82. The number of carboxylic acid groups (broad SMARTS) is 1. The van der Waals surface area contributed by atoms with Crippen LogP contribution < -0.4 is 11.5 Å². The van der Waals surface area contributed by atoms with Crippen LogP contribution in [0.2, 0.25) is 0 Å². The van der Waals surface area contributed by atoms with Crippen LogP contribution in [0.25, 0.3) is 0 Å². The molecule has 0 aromatic carbocycles. The molecule has 0 rings (SSSR count). The van der Waals surface area contributed by atoms with Gasteiger partial charge in [-0.25, -0.2) is 0 Å². The van der Waals surface area contributed by atoms with E-state index in [4.69, 9.17) is 16.2 Å². The van der Waals surface area contributed by atoms with Crippen molar-refractivity contribution in [3.63, 3.8) is 0 Å². The first kappa shape index (κ1) is 25.4. The van der Waals surface area contributed by atoms with E-state index in [1.165, 1.54) is 0 Å². The van der Waals surface area contributed by atoms with E-state index >= 15 is 0 Å². The molecule has 128 valence electrons. The largest absolute Gasteiger partial charge is 0.480 e. The Hall–Kier alpha value is -0.560. The highest BCUT2D eigenvalue weighted by atomic mass is 35.5. The average Bonchev–Trinajstić information content (AvgIpc) is 2.38. The zero-order valence-electron chi connectivity index (χ0n) is 12.7. The Bertz CT molecular complexity index is 296. The van der Waals surface area contributed by atoms with Gasteiger partial charge in [0.15, 0.2) is 5.41 Å². The lowest BCUT2D eigenvalue weighted by molar-refractivity contribution is -0.173. The number of halogens is 2. The van der Waals surface area contributed by atoms with Gasteiger partial charge in [0.2, 0.25) is 0 Å². The highest BCUT2D eigenvalue weighted by molar-refractivity contribution is 5.99. The lowest BCUT2D eigenvalue weighted by Crippen LogP contribution is -2.42. The van der Waals surface area contributed by atoms with Crippen LogP contribution in [0.1, 0.15) is 46.0 Å². The molecule has 0 aromatic rings. The van der Waals surface area contributed by atoms with E-state index in [1.54, 1.807) is 6.92 Å². The minimum absolute atomic E-state index is 0. The number of ether oxygens (including phenoxy) is 1. The summed E-state index contributed by atoms with van der Waals surface area (Å²) in [4.78, 5) is 23.8. The van der Waals surface area contributed by atoms with Crippen LogP contribution in [-0.4, -0.2) is 36.2 Å². The van der Waals surface area contributed by atoms with Gasteiger partial charge in [-0.1, -0.05) is 6.92 Å². The Balaban J connectivity index is -0.00000162. The van der Waals surface area contributed by atoms with Crippen molar-refractivity contribution in [1.82, 2.24) is 0 Å². The lowest BCUT2D eigenvalue weighted by atomic mass is 9.79. The molecule has 0 aromatic heterocycles. The summed E-state index contributed by atoms with van der Waals surface area (Å²) >= 11 is 0. The van der Waals surface area contributed by atoms with Gasteiger partial charge in [0.1, 0.15) is 0 Å². The second kappa shape index (κ2) is 13.1. The summed E-state index contributed by atoms with van der Waals surface area (Å²) in [5, 5.41) is 9.45. The van der Waals surface area contributed by atoms with E-state index < -0.39 is 17.4 Å². The van der Waals surface area contributed by atoms with E-state index in [9.17, 15) is 14.7 Å². The van der Waals surface area contributed by atoms with Crippen molar-refractivity contribution < 1.29 is 19.4 Å². The second-order valence-corrected chi connectivity index (χ2v) is 4.80. The minimum atomic E-state index is -1.51. The van der Waals surface area contributed by atoms with E-state index in [2.05, 4.69) is 0 Å². The van der Waals surface area contributed by atoms with Crippen LogP contribution in [0.3, 0.4) is 0 Å². The average molecular weight is 347 g/mol. The second-order valence-electron chi connectivity index (χ2n) is 4.80. The predicted octanol–water partition coefficient (Wildman–Crippen LogP) is 1.72. The number of esters is 1. The van der Waals surface area contributed by atoms with E-state index in [-0.39, 0.29) is 43.8 Å². The number of nitrogens with two attached hydrogens (primary N) is 2. The van der Waals surface area contributed by atoms with Crippen molar-refractivity contribution in [2.75, 3.05) is 13.1 Å². The number of carbonyl (C=O) groups is 2. The maximum absolute atomic E-state index is 12.2. The standard InChI is InChI=1S/C13H26N2O4.2ClH/c1-3-10(2)19-12(18)13(11(16)17,6-4-8-14)7-5-9-15;;/h10H,3-9,14-15H2,1-2H3,(H,16,17);2*1H. The fourth-order valence-electron chi connectivity index (χ4n) is 1.82. The fourth-order valence-corrected chi connectivity index (χ4v) is 1.82. The van der Waals surface area contributed by atoms with Gasteiger partial charge in [-0.3, -0.25) is 9.59 Å². The smallest absolute Gasteiger partial charge is 0.323 e. The maximum Gasteiger partial charge on any atom is 0.323 e. The predicted molar refractivity (Wildman–Crippen MR) is 87.0 cm³/mol. The van der Waals surface area contributed by atoms with E-state index in [0.717, 1.165) is 0 Å². The Morgan fingerprint density at radius 2 is 1.57 bits per heavy atom. The molecule has 6 nitrogen and oxygen atoms in total. The topological polar surface area (TPSA) is 116 Å². The summed E-state index contributed by atoms with van der Waals surface area (Å²) in [6.45, 7) is 4.30. The highest BCUT2D eigenvalue weighted by Crippen LogP contribution is 2.32. The Kier molecular flexibility index (Phi) is 15.9. The van der Waals surface area contributed by atoms with Crippen molar-refractivity contribution in [1.29, 1.82) is 0 Å². The monoisotopic (exact) mass is 346 g/mol. The van der Waals surface area contributed by atoms with E-state index in [1.807, 2.05) is 6.92 Å². The summed E-state index contributed by atoms with van der Waals surface area (Å²) in [5.41, 5.74) is 9.33. The summed E-state index contributed by atoms with van der Waals surface area (Å²) < 4.78 is 5.22. The number of aliphatic carboxylic acids is 1. The first-order valence-corrected chi connectivity index (χ1v) is 6.79. The van der Waals surface area contributed by atoms with Crippen LogP contribution in [0, 0.1) is 5.41 Å². The summed E-state index contributed by atoms with van der Waals surface area (Å²) in [6, 6.07) is 0. The number of carbonyl (C=O) groups excluding carboxylic acids is 1. The molecule has 0 heterocycles. The van der Waals surface area contributed by atoms with Gasteiger partial charge >= 0.3 is 11.9 Å². The molecule has 1 unspecified atom stereocenters. The minimum Gasteiger partial charge on any atom is -0.480 e. The maximum atomic E-state index is 12.2. The SMILES string of the molecule is CCC(C)OC(=O)C(CCCN)(CCCN)C(=O)O.Cl.Cl. The Morgan fingerprint density at radius 3 is 1.86 bits per heavy atom. The third-order valence-electron chi connectivity index (χ3n) is 3.30. The van der Waals surface area contributed by atoms with Crippen LogP contribution in [0.5, 0.6) is 0 Å². The van der Waals surface area contributed by atoms with Crippen LogP contribution >= 0.6 is 24.8 Å². The van der Waals surface area contributed by atoms with Gasteiger partial charge < -0.3 is 21.3 Å². The number of carboxylic acids is 1. The molecule has 0 radical (unpaired) electrons. The van der Waals surface area contributed by atoms with Crippen LogP contribution in [0.15, 0.2) is 0 Å². The third kappa shape index (κ3) is 7.85. The zero-order valence-corrected chi connectivity index (χ0v) is 14.3. The fraction of sp³-hybridized carbons (Fsp3) is 0.846. The van der Waals surface area contributed by atoms with Gasteiger partial charge in [-0.15, -0.1) is 24.8 Å². The van der Waals surface area contributed by atoms with Crippen molar-refractivity contribution in [3.05, 3.63) is 0 Å². The quantitative estimate of drug-likeness (QED) is 0.409. The van der Waals surface area contributed by atoms with Gasteiger partial charge in [0.25, 0.3) is 0 Å². The van der Waals surface area contributed by atoms with Crippen molar-refractivity contribution in [2.45, 2.75) is 52.1 Å². The number of rotatable bonds is 10. The number of hydrogen-bond donors (Lipinski definition) is 3. The number of hydrogen-bond acceptors (Lipinski definition) is 5. The molecular formula is C13H28Cl2N2O4. The molecule has 0 fully saturated rings. The molecule has 0 aliphatic rings. The zero-order chi connectivity index (χ0) is 14.9. The molecule has 0 amide bonds. The Labute approximate surface area is 138 Å². The molecule has 0 bridgehead atoms. The molecule has 1 atom stereocenters. The molecule has 21 heavy (non-hydrogen) atoms. The van der Waals surface area contributed by atoms with Crippen molar-refractivity contribution in [3.8, 4) is 0 Å². The molecule has 0 aliphatic carbocycles. The molecule has 5 N–H and O–H groups in total. The molecule has 0 saturated carbocycles. The van der Waals surface area contributed by atoms with Gasteiger partial charge in [-0.2, -0.15) is 0 Å². The third-order valence-corrected chi connectivity index (χ3v) is 3.30. The lowest BCUT2D eigenvalue weighted by Gasteiger charge is -2.28. The van der Waals surface area contributed by atoms with Crippen LogP contribution in [0.4, 0.5) is 0 Å². The summed E-state index contributed by atoms with van der Waals surface area (Å²) in [7, 11) is 0. The molecule has 8 heteroatoms. The normalized spacial score (nSPS) is 11.8.